The summed E-state index contributed by atoms with van der Waals surface area (Å²) < 4.78 is 11.5. The maximum Gasteiger partial charge on any atom is 0.323 e. The monoisotopic (exact) mass is 397 g/mol. The van der Waals surface area contributed by atoms with Crippen molar-refractivity contribution in [2.45, 2.75) is 58.8 Å². The highest BCUT2D eigenvalue weighted by atomic mass is 35.5. The lowest BCUT2D eigenvalue weighted by Gasteiger charge is -2.31. The molecule has 0 amide bonds. The molecule has 0 aromatic heterocycles. The number of rotatable bonds is 8. The van der Waals surface area contributed by atoms with Gasteiger partial charge in [-0.3, -0.25) is 4.79 Å². The summed E-state index contributed by atoms with van der Waals surface area (Å²) in [4.78, 5) is 11.8. The van der Waals surface area contributed by atoms with Crippen LogP contribution < -0.4 is 10.5 Å². The highest BCUT2D eigenvalue weighted by Crippen LogP contribution is 2.31. The van der Waals surface area contributed by atoms with Gasteiger partial charge in [0, 0.05) is 5.02 Å². The quantitative estimate of drug-likeness (QED) is 0.634. The number of ether oxygens (including phenoxy) is 2. The van der Waals surface area contributed by atoms with E-state index in [2.05, 4.69) is 13.8 Å². The van der Waals surface area contributed by atoms with Crippen LogP contribution in [0, 0.1) is 5.92 Å². The molecule has 1 aromatic rings. The molecule has 7 heteroatoms. The average Bonchev–Trinajstić information content (AvgIpc) is 2.49. The van der Waals surface area contributed by atoms with Crippen molar-refractivity contribution in [2.24, 2.45) is 11.7 Å². The van der Waals surface area contributed by atoms with Gasteiger partial charge in [-0.1, -0.05) is 37.0 Å². The van der Waals surface area contributed by atoms with Crippen molar-refractivity contribution in [1.82, 2.24) is 0 Å². The normalized spacial score (nSPS) is 14.5. The van der Waals surface area contributed by atoms with Crippen molar-refractivity contribution in [3.63, 3.8) is 0 Å². The van der Waals surface area contributed by atoms with Gasteiger partial charge in [-0.05, 0) is 50.8 Å². The third-order valence-electron chi connectivity index (χ3n) is 3.81. The lowest BCUT2D eigenvalue weighted by molar-refractivity contribution is -0.155. The molecule has 0 bridgehead atoms. The van der Waals surface area contributed by atoms with Crippen molar-refractivity contribution >= 4 is 41.6 Å². The highest BCUT2D eigenvalue weighted by Gasteiger charge is 2.30. The Morgan fingerprint density at radius 3 is 2.25 bits per heavy atom. The van der Waals surface area contributed by atoms with Crippen LogP contribution in [0.1, 0.15) is 40.5 Å². The molecular formula is C17H26Cl3NO3. The van der Waals surface area contributed by atoms with Gasteiger partial charge in [0.15, 0.2) is 0 Å². The van der Waals surface area contributed by atoms with E-state index >= 15 is 0 Å². The highest BCUT2D eigenvalue weighted by molar-refractivity contribution is 6.35. The van der Waals surface area contributed by atoms with Crippen molar-refractivity contribution in [2.75, 3.05) is 0 Å². The molecule has 0 saturated heterocycles. The summed E-state index contributed by atoms with van der Waals surface area (Å²) in [6.45, 7) is 7.56. The number of hydrogen-bond donors (Lipinski definition) is 1. The second-order valence-electron chi connectivity index (χ2n) is 5.66. The van der Waals surface area contributed by atoms with Gasteiger partial charge in [0.2, 0.25) is 0 Å². The van der Waals surface area contributed by atoms with Crippen molar-refractivity contribution in [3.05, 3.63) is 28.2 Å². The van der Waals surface area contributed by atoms with Crippen molar-refractivity contribution in [3.8, 4) is 5.75 Å². The molecule has 0 fully saturated rings. The largest absolute Gasteiger partial charge is 0.485 e. The Hall–Kier alpha value is -0.680. The Labute approximate surface area is 160 Å². The number of benzene rings is 1. The van der Waals surface area contributed by atoms with Crippen LogP contribution in [0.5, 0.6) is 5.75 Å². The Balaban J connectivity index is 0.00000529. The molecule has 2 N–H and O–H groups in total. The molecule has 0 aliphatic heterocycles. The number of esters is 1. The number of hydrogen-bond acceptors (Lipinski definition) is 4. The van der Waals surface area contributed by atoms with Crippen molar-refractivity contribution < 1.29 is 14.3 Å². The summed E-state index contributed by atoms with van der Waals surface area (Å²) in [6.07, 6.45) is 1.04. The van der Waals surface area contributed by atoms with Gasteiger partial charge in [0.05, 0.1) is 5.02 Å². The van der Waals surface area contributed by atoms with Gasteiger partial charge in [-0.2, -0.15) is 0 Å². The molecule has 0 radical (unpaired) electrons. The molecule has 0 aliphatic rings. The van der Waals surface area contributed by atoms with Gasteiger partial charge >= 0.3 is 5.97 Å². The number of halogens is 3. The minimum Gasteiger partial charge on any atom is -0.485 e. The van der Waals surface area contributed by atoms with Crippen LogP contribution >= 0.6 is 35.6 Å². The summed E-state index contributed by atoms with van der Waals surface area (Å²) in [5.41, 5.74) is 5.57. The zero-order chi connectivity index (χ0) is 17.6. The fraction of sp³-hybridized carbons (Fsp3) is 0.588. The molecule has 0 unspecified atom stereocenters. The van der Waals surface area contributed by atoms with Crippen LogP contribution in [-0.4, -0.2) is 24.2 Å². The van der Waals surface area contributed by atoms with Crippen LogP contribution in [0.25, 0.3) is 0 Å². The van der Waals surface area contributed by atoms with Crippen LogP contribution in [0.15, 0.2) is 18.2 Å². The van der Waals surface area contributed by atoms with Crippen LogP contribution in [0.4, 0.5) is 0 Å². The van der Waals surface area contributed by atoms with E-state index in [1.54, 1.807) is 25.1 Å². The zero-order valence-corrected chi connectivity index (χ0v) is 16.8. The van der Waals surface area contributed by atoms with E-state index in [-0.39, 0.29) is 24.4 Å². The van der Waals surface area contributed by atoms with Gasteiger partial charge in [0.25, 0.3) is 0 Å². The molecule has 24 heavy (non-hydrogen) atoms. The fourth-order valence-electron chi connectivity index (χ4n) is 2.40. The first-order chi connectivity index (χ1) is 10.8. The maximum absolute atomic E-state index is 11.8. The van der Waals surface area contributed by atoms with E-state index in [9.17, 15) is 4.79 Å². The predicted octanol–water partition coefficient (Wildman–Crippen LogP) is 4.88. The first-order valence-electron chi connectivity index (χ1n) is 7.87. The summed E-state index contributed by atoms with van der Waals surface area (Å²) in [5.74, 6) is 0.300. The molecule has 138 valence electrons. The Bertz CT molecular complexity index is 522. The molecule has 1 rings (SSSR count). The van der Waals surface area contributed by atoms with E-state index in [1.165, 1.54) is 0 Å². The molecule has 1 aromatic carbocycles. The molecule has 0 saturated carbocycles. The Morgan fingerprint density at radius 2 is 1.79 bits per heavy atom. The second-order valence-corrected chi connectivity index (χ2v) is 6.51. The van der Waals surface area contributed by atoms with Gasteiger partial charge in [-0.15, -0.1) is 12.4 Å². The van der Waals surface area contributed by atoms with Crippen LogP contribution in [0.3, 0.4) is 0 Å². The number of carbonyl (C=O) groups excluding carboxylic acids is 1. The average molecular weight is 399 g/mol. The Morgan fingerprint density at radius 1 is 1.21 bits per heavy atom. The minimum absolute atomic E-state index is 0. The maximum atomic E-state index is 11.8. The number of nitrogens with two attached hydrogens (primary N) is 1. The SMILES string of the molecule is CCC(CC)[C@@H](Oc1ccc(Cl)cc1Cl)[C@H](C)OC(=O)[C@H](C)N.Cl. The van der Waals surface area contributed by atoms with E-state index in [1.807, 2.05) is 6.92 Å². The van der Waals surface area contributed by atoms with Crippen LogP contribution in [0.2, 0.25) is 10.0 Å². The van der Waals surface area contributed by atoms with E-state index in [4.69, 9.17) is 38.4 Å². The third kappa shape index (κ3) is 6.67. The predicted molar refractivity (Wildman–Crippen MR) is 101 cm³/mol. The molecule has 4 nitrogen and oxygen atoms in total. The lowest BCUT2D eigenvalue weighted by atomic mass is 9.93. The summed E-state index contributed by atoms with van der Waals surface area (Å²) in [7, 11) is 0. The van der Waals surface area contributed by atoms with E-state index < -0.39 is 18.1 Å². The first-order valence-corrected chi connectivity index (χ1v) is 8.63. The third-order valence-corrected chi connectivity index (χ3v) is 4.34. The topological polar surface area (TPSA) is 61.5 Å². The van der Waals surface area contributed by atoms with Gasteiger partial charge < -0.3 is 15.2 Å². The van der Waals surface area contributed by atoms with E-state index in [0.29, 0.717) is 15.8 Å². The van der Waals surface area contributed by atoms with Crippen LogP contribution in [-0.2, 0) is 9.53 Å². The molecular weight excluding hydrogens is 373 g/mol. The minimum atomic E-state index is -0.668. The summed E-state index contributed by atoms with van der Waals surface area (Å²) in [5, 5.41) is 0.969. The van der Waals surface area contributed by atoms with Crippen molar-refractivity contribution in [1.29, 1.82) is 0 Å². The van der Waals surface area contributed by atoms with Gasteiger partial charge in [0.1, 0.15) is 24.0 Å². The first kappa shape index (κ1) is 23.3. The second kappa shape index (κ2) is 11.0. The molecule has 3 atom stereocenters. The smallest absolute Gasteiger partial charge is 0.323 e. The zero-order valence-electron chi connectivity index (χ0n) is 14.4. The molecule has 0 spiro atoms. The standard InChI is InChI=1S/C17H25Cl2NO3.ClH/c1-5-12(6-2)16(11(4)22-17(21)10(3)20)23-15-8-7-13(18)9-14(15)19;/h7-12,16H,5-6,20H2,1-4H3;1H/t10-,11-,16-;/m0./s1. The number of carbonyl (C=O) groups is 1. The summed E-state index contributed by atoms with van der Waals surface area (Å²) in [6, 6.07) is 4.39. The van der Waals surface area contributed by atoms with Gasteiger partial charge in [-0.25, -0.2) is 0 Å². The Kier molecular flexibility index (Phi) is 10.7. The fourth-order valence-corrected chi connectivity index (χ4v) is 2.86. The molecule has 0 heterocycles. The molecule has 0 aliphatic carbocycles. The lowest BCUT2D eigenvalue weighted by Crippen LogP contribution is -2.42. The van der Waals surface area contributed by atoms with E-state index in [0.717, 1.165) is 12.8 Å². The summed E-state index contributed by atoms with van der Waals surface area (Å²) >= 11 is 12.1.